The lowest BCUT2D eigenvalue weighted by atomic mass is 10.0. The number of benzene rings is 2. The summed E-state index contributed by atoms with van der Waals surface area (Å²) in [5, 5.41) is 10.3. The fraction of sp³-hybridized carbons (Fsp3) is 0.280. The predicted molar refractivity (Wildman–Crippen MR) is 145 cm³/mol. The molecule has 1 fully saturated rings. The molecule has 4 N–H and O–H groups in total. The number of hydrogen-bond donors (Lipinski definition) is 4. The van der Waals surface area contributed by atoms with Gasteiger partial charge in [0.05, 0.1) is 16.3 Å². The van der Waals surface area contributed by atoms with E-state index in [1.807, 2.05) is 42.5 Å². The average Bonchev–Trinajstić information content (AvgIpc) is 3.36. The lowest BCUT2D eigenvalue weighted by molar-refractivity contribution is 0.102. The van der Waals surface area contributed by atoms with E-state index < -0.39 is 0 Å². The summed E-state index contributed by atoms with van der Waals surface area (Å²) in [4.78, 5) is 19.7. The van der Waals surface area contributed by atoms with Gasteiger partial charge in [0, 0.05) is 42.5 Å². The number of nitrogens with zero attached hydrogens (tertiary/aromatic N) is 2. The van der Waals surface area contributed by atoms with Crippen molar-refractivity contribution in [2.75, 3.05) is 48.0 Å². The van der Waals surface area contributed by atoms with E-state index in [9.17, 15) is 4.79 Å². The first kappa shape index (κ1) is 24.1. The number of aromatic amines is 1. The minimum Gasteiger partial charge on any atom is -0.370 e. The van der Waals surface area contributed by atoms with Gasteiger partial charge in [-0.05, 0) is 93.7 Å². The summed E-state index contributed by atoms with van der Waals surface area (Å²) >= 11 is 12.1. The fourth-order valence-electron chi connectivity index (χ4n) is 4.05. The van der Waals surface area contributed by atoms with Crippen molar-refractivity contribution in [2.45, 2.75) is 18.9 Å². The van der Waals surface area contributed by atoms with Crippen LogP contribution in [-0.2, 0) is 0 Å². The number of hydrogen-bond acceptors (Lipinski definition) is 4. The van der Waals surface area contributed by atoms with Gasteiger partial charge in [-0.25, -0.2) is 0 Å². The van der Waals surface area contributed by atoms with Crippen molar-refractivity contribution in [1.29, 1.82) is 0 Å². The number of halogens is 1. The Balaban J connectivity index is 1.31. The molecule has 0 bridgehead atoms. The molecule has 7 nitrogen and oxygen atoms in total. The molecule has 0 saturated carbocycles. The van der Waals surface area contributed by atoms with E-state index in [2.05, 4.69) is 44.8 Å². The molecule has 1 amide bonds. The van der Waals surface area contributed by atoms with Crippen molar-refractivity contribution in [3.05, 3.63) is 71.5 Å². The Morgan fingerprint density at radius 1 is 1.03 bits per heavy atom. The normalized spacial score (nSPS) is 14.4. The van der Waals surface area contributed by atoms with E-state index in [-0.39, 0.29) is 5.91 Å². The van der Waals surface area contributed by atoms with Gasteiger partial charge in [0.15, 0.2) is 5.11 Å². The average molecular weight is 497 g/mol. The van der Waals surface area contributed by atoms with Crippen LogP contribution in [0.4, 0.5) is 22.7 Å². The zero-order chi connectivity index (χ0) is 24.1. The Morgan fingerprint density at radius 2 is 1.65 bits per heavy atom. The molecule has 1 aromatic heterocycles. The SMILES string of the molecule is CN1CCC(N(C)c2ccc(NC(=S)Nc3ccc(NC(=O)c4cc[nH]c4)cc3)cc2Cl)CC1. The monoisotopic (exact) mass is 496 g/mol. The predicted octanol–water partition coefficient (Wildman–Crippen LogP) is 5.26. The first-order valence-corrected chi connectivity index (χ1v) is 12.0. The molecule has 178 valence electrons. The number of thiocarbonyl (C=S) groups is 1. The van der Waals surface area contributed by atoms with Gasteiger partial charge in [-0.1, -0.05) is 11.6 Å². The first-order valence-electron chi connectivity index (χ1n) is 11.2. The van der Waals surface area contributed by atoms with E-state index in [0.717, 1.165) is 43.0 Å². The molecule has 1 saturated heterocycles. The molecule has 2 aromatic carbocycles. The van der Waals surface area contributed by atoms with Crippen molar-refractivity contribution < 1.29 is 4.79 Å². The number of rotatable bonds is 6. The van der Waals surface area contributed by atoms with Crippen molar-refractivity contribution in [1.82, 2.24) is 9.88 Å². The number of H-pyrrole nitrogens is 1. The Morgan fingerprint density at radius 3 is 2.26 bits per heavy atom. The third-order valence-corrected chi connectivity index (χ3v) is 6.59. The van der Waals surface area contributed by atoms with Crippen LogP contribution < -0.4 is 20.9 Å². The second-order valence-electron chi connectivity index (χ2n) is 8.52. The first-order chi connectivity index (χ1) is 16.4. The molecule has 9 heteroatoms. The number of carbonyl (C=O) groups excluding carboxylic acids is 1. The van der Waals surface area contributed by atoms with Crippen LogP contribution in [0.15, 0.2) is 60.9 Å². The molecular formula is C25H29ClN6OS. The molecule has 1 aliphatic rings. The number of amides is 1. The number of anilines is 4. The van der Waals surface area contributed by atoms with Gasteiger partial charge in [-0.2, -0.15) is 0 Å². The summed E-state index contributed by atoms with van der Waals surface area (Å²) < 4.78 is 0. The summed E-state index contributed by atoms with van der Waals surface area (Å²) in [6.45, 7) is 2.21. The number of aromatic nitrogens is 1. The van der Waals surface area contributed by atoms with E-state index in [4.69, 9.17) is 23.8 Å². The topological polar surface area (TPSA) is 75.4 Å². The number of nitrogens with one attached hydrogen (secondary N) is 4. The zero-order valence-electron chi connectivity index (χ0n) is 19.3. The standard InChI is InChI=1S/C25H29ClN6OS/c1-31-13-10-21(11-14-31)32(2)23-8-7-20(15-22(23)26)30-25(34)29-19-5-3-18(4-6-19)28-24(33)17-9-12-27-16-17/h3-9,12,15-16,21,27H,10-11,13-14H2,1-2H3,(H,28,33)(H2,29,30,34). The van der Waals surface area contributed by atoms with Gasteiger partial charge >= 0.3 is 0 Å². The van der Waals surface area contributed by atoms with Crippen molar-refractivity contribution >= 4 is 57.6 Å². The minimum absolute atomic E-state index is 0.166. The third-order valence-electron chi connectivity index (χ3n) is 6.08. The van der Waals surface area contributed by atoms with Crippen LogP contribution in [0, 0.1) is 0 Å². The molecule has 1 aliphatic heterocycles. The Labute approximate surface area is 210 Å². The highest BCUT2D eigenvalue weighted by Crippen LogP contribution is 2.31. The molecule has 4 rings (SSSR count). The smallest absolute Gasteiger partial charge is 0.257 e. The van der Waals surface area contributed by atoms with Gasteiger partial charge in [-0.3, -0.25) is 4.79 Å². The van der Waals surface area contributed by atoms with Crippen LogP contribution in [-0.4, -0.2) is 54.1 Å². The summed E-state index contributed by atoms with van der Waals surface area (Å²) in [7, 11) is 4.28. The molecule has 0 radical (unpaired) electrons. The Kier molecular flexibility index (Phi) is 7.72. The molecule has 0 unspecified atom stereocenters. The van der Waals surface area contributed by atoms with Crippen LogP contribution in [0.5, 0.6) is 0 Å². The van der Waals surface area contributed by atoms with Gasteiger partial charge in [0.25, 0.3) is 5.91 Å². The summed E-state index contributed by atoms with van der Waals surface area (Å²) in [6, 6.07) is 15.5. The second kappa shape index (κ2) is 10.9. The van der Waals surface area contributed by atoms with Gasteiger partial charge < -0.3 is 30.7 Å². The Hall–Kier alpha value is -3.07. The van der Waals surface area contributed by atoms with Crippen molar-refractivity contribution in [2.24, 2.45) is 0 Å². The summed E-state index contributed by atoms with van der Waals surface area (Å²) in [6.07, 6.45) is 5.63. The van der Waals surface area contributed by atoms with Crippen LogP contribution in [0.3, 0.4) is 0 Å². The molecule has 0 aliphatic carbocycles. The van der Waals surface area contributed by atoms with Crippen molar-refractivity contribution in [3.63, 3.8) is 0 Å². The lowest BCUT2D eigenvalue weighted by Crippen LogP contribution is -2.42. The molecule has 3 aromatic rings. The number of carbonyl (C=O) groups is 1. The van der Waals surface area contributed by atoms with Crippen LogP contribution in [0.25, 0.3) is 0 Å². The molecule has 34 heavy (non-hydrogen) atoms. The van der Waals surface area contributed by atoms with E-state index >= 15 is 0 Å². The maximum atomic E-state index is 12.1. The molecular weight excluding hydrogens is 468 g/mol. The maximum Gasteiger partial charge on any atom is 0.257 e. The van der Waals surface area contributed by atoms with Gasteiger partial charge in [0.1, 0.15) is 0 Å². The van der Waals surface area contributed by atoms with E-state index in [1.54, 1.807) is 18.5 Å². The fourth-order valence-corrected chi connectivity index (χ4v) is 4.60. The summed E-state index contributed by atoms with van der Waals surface area (Å²) in [5.41, 5.74) is 3.93. The van der Waals surface area contributed by atoms with E-state index in [0.29, 0.717) is 27.4 Å². The largest absolute Gasteiger partial charge is 0.370 e. The molecule has 0 atom stereocenters. The lowest BCUT2D eigenvalue weighted by Gasteiger charge is -2.36. The second-order valence-corrected chi connectivity index (χ2v) is 9.34. The van der Waals surface area contributed by atoms with Crippen LogP contribution in [0.2, 0.25) is 5.02 Å². The van der Waals surface area contributed by atoms with Crippen LogP contribution in [0.1, 0.15) is 23.2 Å². The maximum absolute atomic E-state index is 12.1. The zero-order valence-corrected chi connectivity index (χ0v) is 20.8. The highest BCUT2D eigenvalue weighted by atomic mass is 35.5. The number of piperidine rings is 1. The quantitative estimate of drug-likeness (QED) is 0.349. The van der Waals surface area contributed by atoms with Gasteiger partial charge in [-0.15, -0.1) is 0 Å². The van der Waals surface area contributed by atoms with Crippen molar-refractivity contribution in [3.8, 4) is 0 Å². The number of likely N-dealkylation sites (tertiary alicyclic amines) is 1. The molecule has 0 spiro atoms. The van der Waals surface area contributed by atoms with E-state index in [1.165, 1.54) is 0 Å². The van der Waals surface area contributed by atoms with Gasteiger partial charge in [0.2, 0.25) is 0 Å². The summed E-state index contributed by atoms with van der Waals surface area (Å²) in [5.74, 6) is -0.166. The third kappa shape index (κ3) is 6.08. The highest BCUT2D eigenvalue weighted by molar-refractivity contribution is 7.80. The Bertz CT molecular complexity index is 1130. The highest BCUT2D eigenvalue weighted by Gasteiger charge is 2.22. The minimum atomic E-state index is -0.166. The molecule has 2 heterocycles. The van der Waals surface area contributed by atoms with Crippen LogP contribution >= 0.6 is 23.8 Å².